The van der Waals surface area contributed by atoms with E-state index >= 15 is 0 Å². The summed E-state index contributed by atoms with van der Waals surface area (Å²) in [5.74, 6) is 0.506. The van der Waals surface area contributed by atoms with Crippen molar-refractivity contribution in [1.82, 2.24) is 20.3 Å². The number of pyridine rings is 1. The van der Waals surface area contributed by atoms with Crippen LogP contribution in [0.5, 0.6) is 0 Å². The van der Waals surface area contributed by atoms with Gasteiger partial charge in [-0.15, -0.1) is 0 Å². The van der Waals surface area contributed by atoms with Gasteiger partial charge in [0.2, 0.25) is 0 Å². The SMILES string of the molecule is O=C(NCc1ccccn1)c1cc(NC2CCCCCC2)ncn1. The van der Waals surface area contributed by atoms with Gasteiger partial charge < -0.3 is 10.6 Å². The number of nitrogens with one attached hydrogen (secondary N) is 2. The lowest BCUT2D eigenvalue weighted by Gasteiger charge is -2.16. The van der Waals surface area contributed by atoms with E-state index in [-0.39, 0.29) is 5.91 Å². The van der Waals surface area contributed by atoms with Crippen LogP contribution in [0.1, 0.15) is 54.7 Å². The number of carbonyl (C=O) groups excluding carboxylic acids is 1. The Morgan fingerprint density at radius 2 is 1.92 bits per heavy atom. The highest BCUT2D eigenvalue weighted by atomic mass is 16.1. The van der Waals surface area contributed by atoms with Gasteiger partial charge in [-0.3, -0.25) is 9.78 Å². The number of amides is 1. The monoisotopic (exact) mass is 325 g/mol. The van der Waals surface area contributed by atoms with Crippen molar-refractivity contribution in [1.29, 1.82) is 0 Å². The summed E-state index contributed by atoms with van der Waals surface area (Å²) >= 11 is 0. The summed E-state index contributed by atoms with van der Waals surface area (Å²) in [5.41, 5.74) is 1.19. The van der Waals surface area contributed by atoms with Gasteiger partial charge in [0.05, 0.1) is 12.2 Å². The van der Waals surface area contributed by atoms with Crippen LogP contribution in [-0.4, -0.2) is 26.9 Å². The van der Waals surface area contributed by atoms with Gasteiger partial charge in [-0.2, -0.15) is 0 Å². The van der Waals surface area contributed by atoms with Gasteiger partial charge in [-0.1, -0.05) is 31.7 Å². The second kappa shape index (κ2) is 8.38. The van der Waals surface area contributed by atoms with Crippen LogP contribution in [0, 0.1) is 0 Å². The Morgan fingerprint density at radius 3 is 2.67 bits per heavy atom. The van der Waals surface area contributed by atoms with Crippen LogP contribution < -0.4 is 10.6 Å². The maximum atomic E-state index is 12.3. The van der Waals surface area contributed by atoms with E-state index in [1.54, 1.807) is 12.3 Å². The molecule has 2 heterocycles. The van der Waals surface area contributed by atoms with Crippen LogP contribution in [0.15, 0.2) is 36.8 Å². The molecule has 1 aliphatic rings. The van der Waals surface area contributed by atoms with Crippen molar-refractivity contribution in [3.63, 3.8) is 0 Å². The van der Waals surface area contributed by atoms with Gasteiger partial charge in [-0.05, 0) is 25.0 Å². The number of carbonyl (C=O) groups is 1. The molecule has 6 heteroatoms. The molecule has 3 rings (SSSR count). The average Bonchev–Trinajstić information content (AvgIpc) is 2.89. The minimum Gasteiger partial charge on any atom is -0.367 e. The van der Waals surface area contributed by atoms with E-state index in [0.717, 1.165) is 24.4 Å². The van der Waals surface area contributed by atoms with Gasteiger partial charge in [-0.25, -0.2) is 9.97 Å². The normalized spacial score (nSPS) is 15.5. The summed E-state index contributed by atoms with van der Waals surface area (Å²) < 4.78 is 0. The van der Waals surface area contributed by atoms with Crippen LogP contribution in [0.25, 0.3) is 0 Å². The van der Waals surface area contributed by atoms with Crippen LogP contribution in [-0.2, 0) is 6.54 Å². The fourth-order valence-corrected chi connectivity index (χ4v) is 2.96. The van der Waals surface area contributed by atoms with Gasteiger partial charge in [0.1, 0.15) is 17.8 Å². The number of hydrogen-bond acceptors (Lipinski definition) is 5. The third-order valence-corrected chi connectivity index (χ3v) is 4.26. The molecule has 2 aromatic heterocycles. The van der Waals surface area contributed by atoms with Crippen LogP contribution in [0.3, 0.4) is 0 Å². The van der Waals surface area contributed by atoms with Crippen molar-refractivity contribution in [3.8, 4) is 0 Å². The highest BCUT2D eigenvalue weighted by Gasteiger charge is 2.14. The van der Waals surface area contributed by atoms with Crippen LogP contribution in [0.4, 0.5) is 5.82 Å². The minimum absolute atomic E-state index is 0.216. The molecule has 0 aliphatic heterocycles. The summed E-state index contributed by atoms with van der Waals surface area (Å²) in [6.07, 6.45) is 10.6. The molecule has 126 valence electrons. The molecule has 0 radical (unpaired) electrons. The standard InChI is InChI=1S/C18H23N5O/c24-18(20-12-15-9-5-6-10-19-15)16-11-17(22-13-21-16)23-14-7-3-1-2-4-8-14/h5-6,9-11,13-14H,1-4,7-8,12H2,(H,20,24)(H,21,22,23). The Bertz CT molecular complexity index is 653. The zero-order valence-corrected chi connectivity index (χ0v) is 13.7. The third-order valence-electron chi connectivity index (χ3n) is 4.26. The molecule has 1 saturated carbocycles. The summed E-state index contributed by atoms with van der Waals surface area (Å²) in [5, 5.41) is 6.28. The molecule has 6 nitrogen and oxygen atoms in total. The van der Waals surface area contributed by atoms with E-state index in [4.69, 9.17) is 0 Å². The second-order valence-electron chi connectivity index (χ2n) is 6.13. The van der Waals surface area contributed by atoms with Gasteiger partial charge in [0, 0.05) is 18.3 Å². The molecular formula is C18H23N5O. The highest BCUT2D eigenvalue weighted by molar-refractivity contribution is 5.92. The smallest absolute Gasteiger partial charge is 0.270 e. The number of anilines is 1. The van der Waals surface area contributed by atoms with Gasteiger partial charge in [0.15, 0.2) is 0 Å². The Balaban J connectivity index is 1.58. The van der Waals surface area contributed by atoms with E-state index < -0.39 is 0 Å². The van der Waals surface area contributed by atoms with Gasteiger partial charge >= 0.3 is 0 Å². The number of nitrogens with zero attached hydrogens (tertiary/aromatic N) is 3. The Labute approximate surface area is 142 Å². The molecule has 0 aromatic carbocycles. The van der Waals surface area contributed by atoms with E-state index in [1.807, 2.05) is 18.2 Å². The molecule has 0 atom stereocenters. The van der Waals surface area contributed by atoms with Crippen LogP contribution in [0.2, 0.25) is 0 Å². The maximum absolute atomic E-state index is 12.3. The first-order valence-corrected chi connectivity index (χ1v) is 8.58. The molecule has 0 bridgehead atoms. The Hall–Kier alpha value is -2.50. The molecule has 1 amide bonds. The van der Waals surface area contributed by atoms with E-state index in [0.29, 0.717) is 18.3 Å². The molecule has 0 saturated heterocycles. The van der Waals surface area contributed by atoms with Crippen molar-refractivity contribution >= 4 is 11.7 Å². The maximum Gasteiger partial charge on any atom is 0.270 e. The lowest BCUT2D eigenvalue weighted by atomic mass is 10.1. The fraction of sp³-hybridized carbons (Fsp3) is 0.444. The molecule has 2 aromatic rings. The molecular weight excluding hydrogens is 302 g/mol. The quantitative estimate of drug-likeness (QED) is 0.826. The lowest BCUT2D eigenvalue weighted by molar-refractivity contribution is 0.0945. The summed E-state index contributed by atoms with van der Waals surface area (Å²) in [7, 11) is 0. The van der Waals surface area contributed by atoms with E-state index in [9.17, 15) is 4.79 Å². The lowest BCUT2D eigenvalue weighted by Crippen LogP contribution is -2.25. The van der Waals surface area contributed by atoms with E-state index in [1.165, 1.54) is 32.0 Å². The third kappa shape index (κ3) is 4.75. The highest BCUT2D eigenvalue weighted by Crippen LogP contribution is 2.20. The van der Waals surface area contributed by atoms with Crippen molar-refractivity contribution < 1.29 is 4.79 Å². The molecule has 2 N–H and O–H groups in total. The summed E-state index contributed by atoms with van der Waals surface area (Å²) in [4.78, 5) is 24.8. The number of hydrogen-bond donors (Lipinski definition) is 2. The molecule has 1 aliphatic carbocycles. The van der Waals surface area contributed by atoms with Crippen LogP contribution >= 0.6 is 0 Å². The summed E-state index contributed by atoms with van der Waals surface area (Å²) in [6, 6.07) is 7.78. The minimum atomic E-state index is -0.216. The molecule has 0 spiro atoms. The molecule has 0 unspecified atom stereocenters. The molecule has 24 heavy (non-hydrogen) atoms. The summed E-state index contributed by atoms with van der Waals surface area (Å²) in [6.45, 7) is 0.384. The number of aromatic nitrogens is 3. The second-order valence-corrected chi connectivity index (χ2v) is 6.13. The van der Waals surface area contributed by atoms with Crippen molar-refractivity contribution in [2.75, 3.05) is 5.32 Å². The predicted molar refractivity (Wildman–Crippen MR) is 92.6 cm³/mol. The Morgan fingerprint density at radius 1 is 1.08 bits per heavy atom. The topological polar surface area (TPSA) is 79.8 Å². The zero-order chi connectivity index (χ0) is 16.6. The van der Waals surface area contributed by atoms with Gasteiger partial charge in [0.25, 0.3) is 5.91 Å². The molecule has 1 fully saturated rings. The zero-order valence-electron chi connectivity index (χ0n) is 13.7. The first-order chi connectivity index (χ1) is 11.8. The fourth-order valence-electron chi connectivity index (χ4n) is 2.96. The van der Waals surface area contributed by atoms with Crippen molar-refractivity contribution in [2.24, 2.45) is 0 Å². The predicted octanol–water partition coefficient (Wildman–Crippen LogP) is 2.94. The first-order valence-electron chi connectivity index (χ1n) is 8.58. The number of rotatable bonds is 5. The largest absolute Gasteiger partial charge is 0.367 e. The average molecular weight is 325 g/mol. The van der Waals surface area contributed by atoms with E-state index in [2.05, 4.69) is 25.6 Å². The Kier molecular flexibility index (Phi) is 5.71. The van der Waals surface area contributed by atoms with Crippen molar-refractivity contribution in [2.45, 2.75) is 51.1 Å². The first kappa shape index (κ1) is 16.4. The van der Waals surface area contributed by atoms with Crippen molar-refractivity contribution in [3.05, 3.63) is 48.2 Å².